The number of aryl methyl sites for hydroxylation is 1. The van der Waals surface area contributed by atoms with Crippen molar-refractivity contribution < 1.29 is 9.64 Å². The lowest BCUT2D eigenvalue weighted by atomic mass is 10.2. The monoisotopic (exact) mass is 360 g/mol. The van der Waals surface area contributed by atoms with E-state index in [1.54, 1.807) is 4.90 Å². The highest BCUT2D eigenvalue weighted by molar-refractivity contribution is 14.1. The smallest absolute Gasteiger partial charge is 0.137 e. The summed E-state index contributed by atoms with van der Waals surface area (Å²) in [4.78, 5) is 1.72. The van der Waals surface area contributed by atoms with Crippen LogP contribution < -0.4 is 9.64 Å². The maximum atomic E-state index is 5.91. The van der Waals surface area contributed by atoms with Crippen LogP contribution in [0.2, 0.25) is 0 Å². The van der Waals surface area contributed by atoms with Crippen molar-refractivity contribution in [3.8, 4) is 5.75 Å². The molecule has 0 atom stereocenters. The minimum absolute atomic E-state index is 0.842. The summed E-state index contributed by atoms with van der Waals surface area (Å²) >= 11 is 2.35. The molecule has 1 aliphatic heterocycles. The van der Waals surface area contributed by atoms with Gasteiger partial charge in [-0.2, -0.15) is 0 Å². The summed E-state index contributed by atoms with van der Waals surface area (Å²) in [5.74, 6) is 1.04. The number of ether oxygens (including phenoxy) is 1. The molecule has 0 saturated carbocycles. The summed E-state index contributed by atoms with van der Waals surface area (Å²) in [7, 11) is 0. The lowest BCUT2D eigenvalue weighted by molar-refractivity contribution is -0.899. The molecule has 0 amide bonds. The molecule has 1 N–H and O–H groups in total. The first-order valence-corrected chi connectivity index (χ1v) is 8.06. The Labute approximate surface area is 124 Å². The highest BCUT2D eigenvalue weighted by Crippen LogP contribution is 2.21. The third-order valence-corrected chi connectivity index (χ3v) is 4.45. The quantitative estimate of drug-likeness (QED) is 0.815. The summed E-state index contributed by atoms with van der Waals surface area (Å²) in [6.07, 6.45) is 5.61. The molecule has 1 heterocycles. The van der Waals surface area contributed by atoms with Crippen molar-refractivity contribution in [1.82, 2.24) is 0 Å². The van der Waals surface area contributed by atoms with E-state index in [4.69, 9.17) is 4.74 Å². The Kier molecular flexibility index (Phi) is 5.76. The number of hydrogen-bond donors (Lipinski definition) is 1. The van der Waals surface area contributed by atoms with Gasteiger partial charge in [-0.05, 0) is 72.9 Å². The van der Waals surface area contributed by atoms with E-state index in [9.17, 15) is 0 Å². The van der Waals surface area contributed by atoms with Gasteiger partial charge in [-0.1, -0.05) is 6.07 Å². The van der Waals surface area contributed by atoms with Crippen LogP contribution in [0.25, 0.3) is 0 Å². The molecule has 18 heavy (non-hydrogen) atoms. The fourth-order valence-electron chi connectivity index (χ4n) is 2.51. The Balaban J connectivity index is 1.77. The molecule has 0 bridgehead atoms. The first-order chi connectivity index (χ1) is 8.75. The molecule has 0 aliphatic carbocycles. The first-order valence-electron chi connectivity index (χ1n) is 6.98. The van der Waals surface area contributed by atoms with E-state index in [0.717, 1.165) is 18.9 Å². The minimum atomic E-state index is 0.842. The van der Waals surface area contributed by atoms with Crippen molar-refractivity contribution >= 4 is 22.6 Å². The molecule has 2 nitrogen and oxygen atoms in total. The third kappa shape index (κ3) is 4.43. The van der Waals surface area contributed by atoms with Crippen LogP contribution in [0, 0.1) is 10.5 Å². The highest BCUT2D eigenvalue weighted by Gasteiger charge is 2.12. The average Bonchev–Trinajstić information content (AvgIpc) is 2.60. The van der Waals surface area contributed by atoms with Crippen LogP contribution in [-0.4, -0.2) is 26.2 Å². The first kappa shape index (κ1) is 14.1. The average molecular weight is 360 g/mol. The molecule has 1 aromatic rings. The van der Waals surface area contributed by atoms with E-state index in [2.05, 4.69) is 47.7 Å². The van der Waals surface area contributed by atoms with Gasteiger partial charge in [0, 0.05) is 0 Å². The fourth-order valence-corrected chi connectivity index (χ4v) is 3.33. The van der Waals surface area contributed by atoms with Crippen molar-refractivity contribution in [2.45, 2.75) is 32.6 Å². The van der Waals surface area contributed by atoms with Crippen molar-refractivity contribution in [2.75, 3.05) is 26.2 Å². The highest BCUT2D eigenvalue weighted by atomic mass is 127. The number of rotatable bonds is 4. The van der Waals surface area contributed by atoms with Crippen LogP contribution in [0.3, 0.4) is 0 Å². The van der Waals surface area contributed by atoms with Gasteiger partial charge >= 0.3 is 0 Å². The van der Waals surface area contributed by atoms with Crippen LogP contribution >= 0.6 is 22.6 Å². The second-order valence-corrected chi connectivity index (χ2v) is 6.36. The zero-order valence-corrected chi connectivity index (χ0v) is 13.3. The summed E-state index contributed by atoms with van der Waals surface area (Å²) in [5.41, 5.74) is 1.30. The molecule has 1 fully saturated rings. The van der Waals surface area contributed by atoms with Gasteiger partial charge in [0.2, 0.25) is 0 Å². The van der Waals surface area contributed by atoms with Gasteiger partial charge < -0.3 is 9.64 Å². The van der Waals surface area contributed by atoms with Gasteiger partial charge in [-0.3, -0.25) is 0 Å². The zero-order chi connectivity index (χ0) is 12.8. The second kappa shape index (κ2) is 7.34. The number of quaternary nitrogens is 1. The Hall–Kier alpha value is -0.290. The van der Waals surface area contributed by atoms with Gasteiger partial charge in [0.1, 0.15) is 18.9 Å². The molecule has 100 valence electrons. The fraction of sp³-hybridized carbons (Fsp3) is 0.600. The Morgan fingerprint density at radius 3 is 2.56 bits per heavy atom. The molecule has 0 unspecified atom stereocenters. The van der Waals surface area contributed by atoms with Crippen LogP contribution in [0.5, 0.6) is 5.75 Å². The Morgan fingerprint density at radius 1 is 1.17 bits per heavy atom. The summed E-state index contributed by atoms with van der Waals surface area (Å²) in [6, 6.07) is 6.39. The zero-order valence-electron chi connectivity index (χ0n) is 11.2. The van der Waals surface area contributed by atoms with Crippen LogP contribution in [0.15, 0.2) is 18.2 Å². The molecular weight excluding hydrogens is 337 g/mol. The van der Waals surface area contributed by atoms with E-state index in [1.165, 1.54) is 47.9 Å². The molecule has 1 aromatic carbocycles. The predicted molar refractivity (Wildman–Crippen MR) is 83.4 cm³/mol. The molecule has 0 spiro atoms. The van der Waals surface area contributed by atoms with Gasteiger partial charge in [0.25, 0.3) is 0 Å². The maximum Gasteiger partial charge on any atom is 0.137 e. The molecule has 0 aromatic heterocycles. The number of likely N-dealkylation sites (tertiary alicyclic amines) is 1. The largest absolute Gasteiger partial charge is 0.487 e. The normalized spacial score (nSPS) is 17.4. The van der Waals surface area contributed by atoms with Crippen LogP contribution in [0.4, 0.5) is 0 Å². The maximum absolute atomic E-state index is 5.91. The van der Waals surface area contributed by atoms with Gasteiger partial charge in [-0.25, -0.2) is 0 Å². The van der Waals surface area contributed by atoms with Crippen molar-refractivity contribution in [2.24, 2.45) is 0 Å². The SMILES string of the molecule is Cc1ccc(OCC[NH+]2CCCCCC2)c(I)c1. The van der Waals surface area contributed by atoms with Crippen molar-refractivity contribution in [1.29, 1.82) is 0 Å². The van der Waals surface area contributed by atoms with E-state index in [-0.39, 0.29) is 0 Å². The molecule has 2 rings (SSSR count). The lowest BCUT2D eigenvalue weighted by Crippen LogP contribution is -3.12. The van der Waals surface area contributed by atoms with Crippen molar-refractivity contribution in [3.05, 3.63) is 27.3 Å². The summed E-state index contributed by atoms with van der Waals surface area (Å²) < 4.78 is 7.13. The summed E-state index contributed by atoms with van der Waals surface area (Å²) in [6.45, 7) is 6.76. The molecule has 1 saturated heterocycles. The van der Waals surface area contributed by atoms with Gasteiger partial charge in [0.15, 0.2) is 0 Å². The number of halogens is 1. The molecular formula is C15H23INO+. The van der Waals surface area contributed by atoms with Crippen LogP contribution in [0.1, 0.15) is 31.2 Å². The molecule has 1 aliphatic rings. The number of nitrogens with one attached hydrogen (secondary N) is 1. The van der Waals surface area contributed by atoms with Gasteiger partial charge in [0.05, 0.1) is 16.7 Å². The topological polar surface area (TPSA) is 13.7 Å². The van der Waals surface area contributed by atoms with E-state index < -0.39 is 0 Å². The van der Waals surface area contributed by atoms with E-state index in [0.29, 0.717) is 0 Å². The third-order valence-electron chi connectivity index (χ3n) is 3.61. The summed E-state index contributed by atoms with van der Waals surface area (Å²) in [5, 5.41) is 0. The molecule has 3 heteroatoms. The standard InChI is InChI=1S/C15H22INO/c1-13-6-7-15(14(16)12-13)18-11-10-17-8-4-2-3-5-9-17/h6-7,12H,2-5,8-11H2,1H3/p+1. The Bertz CT molecular complexity index is 373. The Morgan fingerprint density at radius 2 is 1.89 bits per heavy atom. The number of benzene rings is 1. The molecule has 0 radical (unpaired) electrons. The van der Waals surface area contributed by atoms with E-state index >= 15 is 0 Å². The van der Waals surface area contributed by atoms with Crippen molar-refractivity contribution in [3.63, 3.8) is 0 Å². The van der Waals surface area contributed by atoms with E-state index in [1.807, 2.05) is 0 Å². The predicted octanol–water partition coefficient (Wildman–Crippen LogP) is 2.44. The lowest BCUT2D eigenvalue weighted by Gasteiger charge is -2.17. The van der Waals surface area contributed by atoms with Gasteiger partial charge in [-0.15, -0.1) is 0 Å². The van der Waals surface area contributed by atoms with Crippen LogP contribution in [-0.2, 0) is 0 Å². The minimum Gasteiger partial charge on any atom is -0.487 e. The number of hydrogen-bond acceptors (Lipinski definition) is 1. The second-order valence-electron chi connectivity index (χ2n) is 5.20.